The molecule has 0 heterocycles. The minimum Gasteiger partial charge on any atom is -0.142 e. The van der Waals surface area contributed by atoms with Gasteiger partial charge in [-0.2, -0.15) is 0 Å². The van der Waals surface area contributed by atoms with Gasteiger partial charge in [0, 0.05) is 9.81 Å². The molecule has 2 rings (SSSR count). The maximum Gasteiger partial charge on any atom is 0.0258 e. The molecule has 0 atom stereocenters. The molecule has 22 heavy (non-hydrogen) atoms. The van der Waals surface area contributed by atoms with Crippen molar-refractivity contribution in [3.05, 3.63) is 70.3 Å². The van der Waals surface area contributed by atoms with Crippen LogP contribution in [0.25, 0.3) is 9.81 Å². The van der Waals surface area contributed by atoms with Gasteiger partial charge >= 0.3 is 0 Å². The number of hydrogen-bond acceptors (Lipinski definition) is 2. The summed E-state index contributed by atoms with van der Waals surface area (Å²) in [5, 5.41) is 0. The highest BCUT2D eigenvalue weighted by Gasteiger charge is 2.18. The topological polar surface area (TPSA) is 0 Å². The summed E-state index contributed by atoms with van der Waals surface area (Å²) in [6.07, 6.45) is 0. The van der Waals surface area contributed by atoms with E-state index < -0.39 is 0 Å². The number of benzene rings is 2. The Hall–Kier alpha value is -1.12. The molecule has 0 spiro atoms. The molecular weight excluding hydrogens is 304 g/mol. The van der Waals surface area contributed by atoms with Gasteiger partial charge < -0.3 is 0 Å². The maximum absolute atomic E-state index is 4.78. The van der Waals surface area contributed by atoms with E-state index >= 15 is 0 Å². The monoisotopic (exact) mass is 328 g/mol. The van der Waals surface area contributed by atoms with Gasteiger partial charge in [-0.3, -0.25) is 0 Å². The molecule has 0 saturated heterocycles. The average Bonchev–Trinajstić information content (AvgIpc) is 2.45. The van der Waals surface area contributed by atoms with Gasteiger partial charge in [0.15, 0.2) is 0 Å². The third kappa shape index (κ3) is 3.61. The first-order valence-corrected chi connectivity index (χ1v) is 8.41. The van der Waals surface area contributed by atoms with Gasteiger partial charge in [0.25, 0.3) is 0 Å². The smallest absolute Gasteiger partial charge is 0.0258 e. The number of hydrogen-bond donors (Lipinski definition) is 2. The molecule has 116 valence electrons. The number of aryl methyl sites for hydroxylation is 2. The second-order valence-electron chi connectivity index (χ2n) is 6.80. The van der Waals surface area contributed by atoms with E-state index in [1.54, 1.807) is 0 Å². The molecule has 0 bridgehead atoms. The molecule has 0 unspecified atom stereocenters. The minimum atomic E-state index is 0.151. The van der Waals surface area contributed by atoms with E-state index in [4.69, 9.17) is 25.3 Å². The Balaban J connectivity index is 2.58. The van der Waals surface area contributed by atoms with Gasteiger partial charge in [0.05, 0.1) is 0 Å². The zero-order valence-electron chi connectivity index (χ0n) is 13.9. The molecule has 2 aromatic carbocycles. The van der Waals surface area contributed by atoms with E-state index in [-0.39, 0.29) is 5.41 Å². The van der Waals surface area contributed by atoms with Crippen LogP contribution >= 0.6 is 25.3 Å². The van der Waals surface area contributed by atoms with Crippen LogP contribution in [0.2, 0.25) is 0 Å². The fourth-order valence-corrected chi connectivity index (χ4v) is 3.36. The standard InChI is InChI=1S/C20H24S2/c1-13-11-16(20(3,4)5)12-14(2)17(13)19(22)18(21)15-9-7-6-8-10-15/h6-12,21-22H,1-5H3. The van der Waals surface area contributed by atoms with E-state index in [0.29, 0.717) is 0 Å². The van der Waals surface area contributed by atoms with Crippen molar-refractivity contribution in [1.29, 1.82) is 0 Å². The van der Waals surface area contributed by atoms with Crippen LogP contribution in [0.3, 0.4) is 0 Å². The van der Waals surface area contributed by atoms with Crippen LogP contribution in [0.1, 0.15) is 48.6 Å². The molecule has 0 saturated carbocycles. The second-order valence-corrected chi connectivity index (χ2v) is 7.69. The van der Waals surface area contributed by atoms with Crippen molar-refractivity contribution < 1.29 is 0 Å². The molecule has 0 aliphatic carbocycles. The van der Waals surface area contributed by atoms with Crippen LogP contribution in [0.5, 0.6) is 0 Å². The summed E-state index contributed by atoms with van der Waals surface area (Å²) in [6.45, 7) is 11.0. The highest BCUT2D eigenvalue weighted by Crippen LogP contribution is 2.37. The predicted molar refractivity (Wildman–Crippen MR) is 106 cm³/mol. The third-order valence-electron chi connectivity index (χ3n) is 3.91. The average molecular weight is 329 g/mol. The molecule has 2 heteroatoms. The number of rotatable bonds is 2. The first-order chi connectivity index (χ1) is 10.2. The van der Waals surface area contributed by atoms with Crippen molar-refractivity contribution in [3.63, 3.8) is 0 Å². The Morgan fingerprint density at radius 2 is 1.32 bits per heavy atom. The van der Waals surface area contributed by atoms with Crippen molar-refractivity contribution in [2.24, 2.45) is 0 Å². The van der Waals surface area contributed by atoms with Crippen molar-refractivity contribution in [3.8, 4) is 0 Å². The first-order valence-electron chi connectivity index (χ1n) is 7.51. The zero-order valence-corrected chi connectivity index (χ0v) is 15.7. The Bertz CT molecular complexity index is 681. The highest BCUT2D eigenvalue weighted by molar-refractivity contribution is 7.96. The van der Waals surface area contributed by atoms with Crippen LogP contribution in [0.15, 0.2) is 42.5 Å². The van der Waals surface area contributed by atoms with Crippen LogP contribution in [0, 0.1) is 13.8 Å². The summed E-state index contributed by atoms with van der Waals surface area (Å²) in [6, 6.07) is 14.7. The summed E-state index contributed by atoms with van der Waals surface area (Å²) in [4.78, 5) is 1.85. The van der Waals surface area contributed by atoms with Gasteiger partial charge in [0.1, 0.15) is 0 Å². The van der Waals surface area contributed by atoms with Gasteiger partial charge in [-0.1, -0.05) is 63.2 Å². The van der Waals surface area contributed by atoms with Gasteiger partial charge in [-0.25, -0.2) is 0 Å². The van der Waals surface area contributed by atoms with E-state index in [1.165, 1.54) is 22.3 Å². The zero-order chi connectivity index (χ0) is 16.5. The third-order valence-corrected chi connectivity index (χ3v) is 5.01. The molecule has 0 amide bonds. The molecule has 0 N–H and O–H groups in total. The molecule has 0 aliphatic heterocycles. The molecule has 0 aliphatic rings. The normalized spacial score (nSPS) is 13.0. The molecule has 0 radical (unpaired) electrons. The lowest BCUT2D eigenvalue weighted by Crippen LogP contribution is -2.12. The van der Waals surface area contributed by atoms with Crippen LogP contribution in [-0.2, 0) is 5.41 Å². The first kappa shape index (κ1) is 17.2. The molecule has 0 aromatic heterocycles. The van der Waals surface area contributed by atoms with Crippen LogP contribution < -0.4 is 0 Å². The fraction of sp³-hybridized carbons (Fsp3) is 0.300. The summed E-state index contributed by atoms with van der Waals surface area (Å²) >= 11 is 9.48. The highest BCUT2D eigenvalue weighted by atomic mass is 32.1. The van der Waals surface area contributed by atoms with E-state index in [0.717, 1.165) is 15.4 Å². The Morgan fingerprint density at radius 1 is 0.818 bits per heavy atom. The van der Waals surface area contributed by atoms with E-state index in [9.17, 15) is 0 Å². The van der Waals surface area contributed by atoms with Crippen LogP contribution in [-0.4, -0.2) is 0 Å². The largest absolute Gasteiger partial charge is 0.142 e. The molecular formula is C20H24S2. The van der Waals surface area contributed by atoms with Crippen molar-refractivity contribution in [2.75, 3.05) is 0 Å². The maximum atomic E-state index is 4.78. The molecule has 0 nitrogen and oxygen atoms in total. The lowest BCUT2D eigenvalue weighted by Gasteiger charge is -2.23. The Labute approximate surface area is 145 Å². The summed E-state index contributed by atoms with van der Waals surface area (Å²) < 4.78 is 0. The van der Waals surface area contributed by atoms with Crippen molar-refractivity contribution in [1.82, 2.24) is 0 Å². The quantitative estimate of drug-likeness (QED) is 0.470. The minimum absolute atomic E-state index is 0.151. The van der Waals surface area contributed by atoms with Crippen LogP contribution in [0.4, 0.5) is 0 Å². The van der Waals surface area contributed by atoms with E-state index in [2.05, 4.69) is 58.9 Å². The molecule has 0 fully saturated rings. The van der Waals surface area contributed by atoms with Crippen molar-refractivity contribution in [2.45, 2.75) is 40.0 Å². The van der Waals surface area contributed by atoms with E-state index in [1.807, 2.05) is 18.2 Å². The summed E-state index contributed by atoms with van der Waals surface area (Å²) in [5.74, 6) is 0. The predicted octanol–water partition coefficient (Wildman–Crippen LogP) is 6.29. The lowest BCUT2D eigenvalue weighted by atomic mass is 9.83. The number of thiol groups is 2. The van der Waals surface area contributed by atoms with Gasteiger partial charge in [-0.05, 0) is 47.1 Å². The SMILES string of the molecule is Cc1cc(C(C)(C)C)cc(C)c1C(S)=C(S)c1ccccc1. The van der Waals surface area contributed by atoms with Gasteiger partial charge in [-0.15, -0.1) is 25.3 Å². The second kappa shape index (κ2) is 6.55. The van der Waals surface area contributed by atoms with Gasteiger partial charge in [0.2, 0.25) is 0 Å². The summed E-state index contributed by atoms with van der Waals surface area (Å²) in [5.41, 5.74) is 6.28. The lowest BCUT2D eigenvalue weighted by molar-refractivity contribution is 0.589. The Kier molecular flexibility index (Phi) is 5.14. The van der Waals surface area contributed by atoms with Crippen molar-refractivity contribution >= 4 is 35.1 Å². The molecule has 2 aromatic rings. The summed E-state index contributed by atoms with van der Waals surface area (Å²) in [7, 11) is 0. The Morgan fingerprint density at radius 3 is 1.77 bits per heavy atom. The fourth-order valence-electron chi connectivity index (χ4n) is 2.62.